The summed E-state index contributed by atoms with van der Waals surface area (Å²) in [6.45, 7) is 1.91. The molecule has 0 fully saturated rings. The molecule has 0 aliphatic heterocycles. The average molecular weight is 299 g/mol. The second-order valence-electron chi connectivity index (χ2n) is 4.09. The molecule has 0 rings (SSSR count). The Labute approximate surface area is 112 Å². The maximum atomic E-state index is 12.6. The standard InChI is InChI=1S/C10H16F3N3O4/c1-3-4-14-6(17)5-15-8(20)16-9(2,7(18)19)10(11,12)13/h3-5H2,1-2H3,(H,14,17)(H,18,19)(H2,15,16,20). The van der Waals surface area contributed by atoms with Crippen LogP contribution in [0.1, 0.15) is 20.3 Å². The van der Waals surface area contributed by atoms with Gasteiger partial charge in [0.25, 0.3) is 0 Å². The van der Waals surface area contributed by atoms with Crippen molar-refractivity contribution in [3.05, 3.63) is 0 Å². The predicted octanol–water partition coefficient (Wildman–Crippen LogP) is 0.217. The van der Waals surface area contributed by atoms with Crippen molar-refractivity contribution in [1.82, 2.24) is 16.0 Å². The number of urea groups is 1. The van der Waals surface area contributed by atoms with E-state index in [1.54, 1.807) is 6.92 Å². The van der Waals surface area contributed by atoms with Gasteiger partial charge in [0, 0.05) is 6.54 Å². The number of hydrogen-bond acceptors (Lipinski definition) is 3. The van der Waals surface area contributed by atoms with Crippen molar-refractivity contribution in [3.8, 4) is 0 Å². The Morgan fingerprint density at radius 2 is 1.70 bits per heavy atom. The topological polar surface area (TPSA) is 108 Å². The molecule has 1 unspecified atom stereocenters. The fraction of sp³-hybridized carbons (Fsp3) is 0.700. The van der Waals surface area contributed by atoms with Gasteiger partial charge in [0.05, 0.1) is 6.54 Å². The molecule has 0 bridgehead atoms. The van der Waals surface area contributed by atoms with Crippen molar-refractivity contribution in [2.75, 3.05) is 13.1 Å². The lowest BCUT2D eigenvalue weighted by molar-refractivity contribution is -0.203. The third-order valence-corrected chi connectivity index (χ3v) is 2.34. The molecule has 3 amide bonds. The first kappa shape index (κ1) is 18.0. The molecule has 0 saturated carbocycles. The van der Waals surface area contributed by atoms with Crippen LogP contribution in [0.25, 0.3) is 0 Å². The minimum Gasteiger partial charge on any atom is -0.479 e. The van der Waals surface area contributed by atoms with Crippen LogP contribution >= 0.6 is 0 Å². The molecular weight excluding hydrogens is 283 g/mol. The van der Waals surface area contributed by atoms with Crippen LogP contribution in [0.3, 0.4) is 0 Å². The lowest BCUT2D eigenvalue weighted by Gasteiger charge is -2.28. The quantitative estimate of drug-likeness (QED) is 0.562. The van der Waals surface area contributed by atoms with Crippen molar-refractivity contribution in [1.29, 1.82) is 0 Å². The Balaban J connectivity index is 4.51. The summed E-state index contributed by atoms with van der Waals surface area (Å²) in [5, 5.41) is 14.1. The lowest BCUT2D eigenvalue weighted by atomic mass is 10.0. The van der Waals surface area contributed by atoms with Crippen LogP contribution in [0.15, 0.2) is 0 Å². The van der Waals surface area contributed by atoms with Gasteiger partial charge < -0.3 is 21.1 Å². The largest absolute Gasteiger partial charge is 0.479 e. The highest BCUT2D eigenvalue weighted by atomic mass is 19.4. The number of carboxylic acid groups (broad SMARTS) is 1. The summed E-state index contributed by atoms with van der Waals surface area (Å²) >= 11 is 0. The van der Waals surface area contributed by atoms with Crippen LogP contribution in [0.2, 0.25) is 0 Å². The van der Waals surface area contributed by atoms with E-state index in [-0.39, 0.29) is 0 Å². The molecule has 0 aliphatic carbocycles. The van der Waals surface area contributed by atoms with Crippen molar-refractivity contribution in [2.24, 2.45) is 0 Å². The van der Waals surface area contributed by atoms with E-state index in [1.165, 1.54) is 5.32 Å². The van der Waals surface area contributed by atoms with Crippen LogP contribution in [0.5, 0.6) is 0 Å². The van der Waals surface area contributed by atoms with Crippen LogP contribution in [0.4, 0.5) is 18.0 Å². The number of alkyl halides is 3. The van der Waals surface area contributed by atoms with Gasteiger partial charge >= 0.3 is 18.2 Å². The van der Waals surface area contributed by atoms with Gasteiger partial charge in [-0.05, 0) is 13.3 Å². The third kappa shape index (κ3) is 4.94. The zero-order chi connectivity index (χ0) is 16.0. The maximum absolute atomic E-state index is 12.6. The second-order valence-corrected chi connectivity index (χ2v) is 4.09. The monoisotopic (exact) mass is 299 g/mol. The summed E-state index contributed by atoms with van der Waals surface area (Å²) in [5.41, 5.74) is -3.43. The van der Waals surface area contributed by atoms with Gasteiger partial charge in [-0.15, -0.1) is 0 Å². The van der Waals surface area contributed by atoms with E-state index in [2.05, 4.69) is 5.32 Å². The van der Waals surface area contributed by atoms with Crippen molar-refractivity contribution in [3.63, 3.8) is 0 Å². The summed E-state index contributed by atoms with van der Waals surface area (Å²) in [6, 6.07) is -1.40. The molecule has 4 N–H and O–H groups in total. The number of carboxylic acids is 1. The summed E-state index contributed by atoms with van der Waals surface area (Å²) in [5.74, 6) is -2.85. The number of amides is 3. The molecule has 0 aromatic carbocycles. The predicted molar refractivity (Wildman–Crippen MR) is 61.9 cm³/mol. The van der Waals surface area contributed by atoms with E-state index in [4.69, 9.17) is 5.11 Å². The highest BCUT2D eigenvalue weighted by molar-refractivity contribution is 5.89. The highest BCUT2D eigenvalue weighted by Crippen LogP contribution is 2.30. The van der Waals surface area contributed by atoms with Crippen LogP contribution in [-0.4, -0.2) is 47.8 Å². The Morgan fingerprint density at radius 3 is 2.10 bits per heavy atom. The number of aliphatic carboxylic acids is 1. The van der Waals surface area contributed by atoms with Gasteiger partial charge in [-0.2, -0.15) is 13.2 Å². The summed E-state index contributed by atoms with van der Waals surface area (Å²) in [6.07, 6.45) is -4.52. The number of carbonyl (C=O) groups is 3. The van der Waals surface area contributed by atoms with E-state index >= 15 is 0 Å². The Morgan fingerprint density at radius 1 is 1.15 bits per heavy atom. The number of hydrogen-bond donors (Lipinski definition) is 4. The van der Waals surface area contributed by atoms with Gasteiger partial charge in [-0.25, -0.2) is 9.59 Å². The Hall–Kier alpha value is -2.00. The fourth-order valence-electron chi connectivity index (χ4n) is 1.00. The first-order valence-corrected chi connectivity index (χ1v) is 5.67. The van der Waals surface area contributed by atoms with E-state index in [0.29, 0.717) is 19.9 Å². The number of carbonyl (C=O) groups excluding carboxylic acids is 2. The molecule has 7 nitrogen and oxygen atoms in total. The lowest BCUT2D eigenvalue weighted by Crippen LogP contribution is -2.64. The van der Waals surface area contributed by atoms with Crippen molar-refractivity contribution < 1.29 is 32.7 Å². The van der Waals surface area contributed by atoms with E-state index in [9.17, 15) is 27.6 Å². The van der Waals surface area contributed by atoms with Crippen LogP contribution < -0.4 is 16.0 Å². The number of rotatable bonds is 6. The molecule has 0 saturated heterocycles. The van der Waals surface area contributed by atoms with Gasteiger partial charge in [0.15, 0.2) is 0 Å². The molecule has 0 radical (unpaired) electrons. The highest BCUT2D eigenvalue weighted by Gasteiger charge is 2.58. The van der Waals surface area contributed by atoms with Crippen LogP contribution in [-0.2, 0) is 9.59 Å². The van der Waals surface area contributed by atoms with Gasteiger partial charge in [-0.1, -0.05) is 6.92 Å². The maximum Gasteiger partial charge on any atom is 0.422 e. The molecule has 0 heterocycles. The number of halogens is 3. The smallest absolute Gasteiger partial charge is 0.422 e. The zero-order valence-corrected chi connectivity index (χ0v) is 10.9. The van der Waals surface area contributed by atoms with E-state index in [0.717, 1.165) is 0 Å². The van der Waals surface area contributed by atoms with E-state index < -0.39 is 36.2 Å². The molecule has 0 aromatic rings. The molecule has 20 heavy (non-hydrogen) atoms. The molecular formula is C10H16F3N3O4. The third-order valence-electron chi connectivity index (χ3n) is 2.34. The molecule has 0 spiro atoms. The van der Waals surface area contributed by atoms with Crippen LogP contribution in [0, 0.1) is 0 Å². The summed E-state index contributed by atoms with van der Waals surface area (Å²) in [4.78, 5) is 33.0. The zero-order valence-electron chi connectivity index (χ0n) is 10.9. The van der Waals surface area contributed by atoms with Gasteiger partial charge in [0.1, 0.15) is 0 Å². The normalized spacial score (nSPS) is 14.1. The minimum atomic E-state index is -5.18. The van der Waals surface area contributed by atoms with E-state index in [1.807, 2.05) is 5.32 Å². The van der Waals surface area contributed by atoms with Crippen molar-refractivity contribution >= 4 is 17.9 Å². The fourth-order valence-corrected chi connectivity index (χ4v) is 1.00. The summed E-state index contributed by atoms with van der Waals surface area (Å²) in [7, 11) is 0. The number of nitrogens with one attached hydrogen (secondary N) is 3. The van der Waals surface area contributed by atoms with Crippen molar-refractivity contribution in [2.45, 2.75) is 32.0 Å². The summed E-state index contributed by atoms with van der Waals surface area (Å²) < 4.78 is 37.7. The Kier molecular flexibility index (Phi) is 6.27. The van der Waals surface area contributed by atoms with Gasteiger partial charge in [0.2, 0.25) is 11.4 Å². The molecule has 116 valence electrons. The minimum absolute atomic E-state index is 0.312. The van der Waals surface area contributed by atoms with Gasteiger partial charge in [-0.3, -0.25) is 4.79 Å². The average Bonchev–Trinajstić information content (AvgIpc) is 2.32. The first-order valence-electron chi connectivity index (χ1n) is 5.67. The molecule has 10 heteroatoms. The molecule has 0 aliphatic rings. The Bertz CT molecular complexity index is 386. The molecule has 0 aromatic heterocycles. The SMILES string of the molecule is CCCNC(=O)CNC(=O)NC(C)(C(=O)O)C(F)(F)F. The second kappa shape index (κ2) is 6.96. The molecule has 1 atom stereocenters. The first-order chi connectivity index (χ1) is 9.04.